The van der Waals surface area contributed by atoms with Gasteiger partial charge in [0.25, 0.3) is 0 Å². The summed E-state index contributed by atoms with van der Waals surface area (Å²) in [7, 11) is 0. The van der Waals surface area contributed by atoms with E-state index in [0.717, 1.165) is 0 Å². The fourth-order valence-electron chi connectivity index (χ4n) is 0. The fraction of sp³-hybridized carbons (Fsp3) is 0. The molecule has 1 amide bonds. The van der Waals surface area contributed by atoms with E-state index in [1.807, 2.05) is 6.08 Å². The normalized spacial score (nSPS) is 6.40. The van der Waals surface area contributed by atoms with Crippen LogP contribution in [0.5, 0.6) is 0 Å². The number of amides is 1. The average Bonchev–Trinajstić information content (AvgIpc) is 1.38. The lowest BCUT2D eigenvalue weighted by Crippen LogP contribution is -2.04. The Kier molecular flexibility index (Phi) is 1.28. The van der Waals surface area contributed by atoms with Gasteiger partial charge >= 0.3 is 0 Å². The molecule has 0 rings (SSSR count). The molecule has 1 radical (unpaired) electrons. The van der Waals surface area contributed by atoms with E-state index >= 15 is 0 Å². The van der Waals surface area contributed by atoms with Gasteiger partial charge in [-0.2, -0.15) is 0 Å². The maximum Gasteiger partial charge on any atom is 0.248 e. The molecule has 0 aromatic heterocycles. The van der Waals surface area contributed by atoms with Crippen LogP contribution in [0.15, 0.2) is 6.58 Å². The van der Waals surface area contributed by atoms with Crippen LogP contribution in [-0.4, -0.2) is 5.91 Å². The van der Waals surface area contributed by atoms with Gasteiger partial charge in [-0.15, -0.1) is 0 Å². The summed E-state index contributed by atoms with van der Waals surface area (Å²) in [5, 5.41) is 0. The standard InChI is InChI=1S/C3H4NO/c1-2-3(4)5/h1H2,(H2,4,5). The Labute approximate surface area is 30.3 Å². The van der Waals surface area contributed by atoms with E-state index in [1.165, 1.54) is 0 Å². The lowest BCUT2D eigenvalue weighted by atomic mass is 10.6. The summed E-state index contributed by atoms with van der Waals surface area (Å²) in [6.07, 6.45) is 1.92. The molecule has 0 aliphatic carbocycles. The van der Waals surface area contributed by atoms with Gasteiger partial charge in [-0.3, -0.25) is 4.79 Å². The van der Waals surface area contributed by atoms with E-state index in [9.17, 15) is 4.79 Å². The third kappa shape index (κ3) is 3.21. The molecular formula is C3H4NO. The summed E-state index contributed by atoms with van der Waals surface area (Å²) in [5.74, 6) is -0.606. The Balaban J connectivity index is 3.20. The van der Waals surface area contributed by atoms with Gasteiger partial charge in [0.05, 0.1) is 0 Å². The van der Waals surface area contributed by atoms with Crippen LogP contribution in [0.25, 0.3) is 0 Å². The number of nitrogens with two attached hydrogens (primary N) is 1. The van der Waals surface area contributed by atoms with E-state index in [1.54, 1.807) is 0 Å². The van der Waals surface area contributed by atoms with Crippen molar-refractivity contribution in [2.45, 2.75) is 0 Å². The molecule has 0 aromatic carbocycles. The summed E-state index contributed by atoms with van der Waals surface area (Å²) in [5.41, 5.74) is 4.48. The van der Waals surface area contributed by atoms with Crippen LogP contribution in [0.1, 0.15) is 0 Å². The van der Waals surface area contributed by atoms with Crippen molar-refractivity contribution in [2.75, 3.05) is 0 Å². The number of hydrogen-bond acceptors (Lipinski definition) is 1. The van der Waals surface area contributed by atoms with Crippen LogP contribution in [0.3, 0.4) is 0 Å². The minimum Gasteiger partial charge on any atom is -0.366 e. The molecule has 0 bridgehead atoms. The van der Waals surface area contributed by atoms with Crippen LogP contribution < -0.4 is 5.73 Å². The van der Waals surface area contributed by atoms with Gasteiger partial charge in [-0.05, 0) is 0 Å². The first-order valence-corrected chi connectivity index (χ1v) is 1.10. The van der Waals surface area contributed by atoms with Crippen molar-refractivity contribution < 1.29 is 4.79 Å². The van der Waals surface area contributed by atoms with E-state index in [0.29, 0.717) is 0 Å². The van der Waals surface area contributed by atoms with E-state index < -0.39 is 5.91 Å². The van der Waals surface area contributed by atoms with Crippen LogP contribution in [0.2, 0.25) is 0 Å². The Bertz CT molecular complexity index is 57.9. The number of primary amides is 1. The SMILES string of the molecule is C=[C]C(N)=O. The monoisotopic (exact) mass is 70.0 g/mol. The molecule has 0 heterocycles. The Hall–Kier alpha value is -0.790. The van der Waals surface area contributed by atoms with Crippen molar-refractivity contribution in [2.24, 2.45) is 5.73 Å². The second-order valence-corrected chi connectivity index (χ2v) is 0.541. The summed E-state index contributed by atoms with van der Waals surface area (Å²) in [6.45, 7) is 2.96. The van der Waals surface area contributed by atoms with Crippen LogP contribution in [0.4, 0.5) is 0 Å². The minimum absolute atomic E-state index is 0.606. The number of carbonyl (C=O) groups is 1. The van der Waals surface area contributed by atoms with Crippen molar-refractivity contribution in [1.82, 2.24) is 0 Å². The molecule has 0 fully saturated rings. The predicted octanol–water partition coefficient (Wildman–Crippen LogP) is -0.539. The summed E-state index contributed by atoms with van der Waals surface area (Å²) >= 11 is 0. The molecule has 0 aromatic rings. The number of rotatable bonds is 1. The van der Waals surface area contributed by atoms with Crippen LogP contribution in [0, 0.1) is 6.08 Å². The molecule has 0 atom stereocenters. The second kappa shape index (κ2) is 1.52. The van der Waals surface area contributed by atoms with E-state index in [2.05, 4.69) is 12.3 Å². The topological polar surface area (TPSA) is 43.1 Å². The largest absolute Gasteiger partial charge is 0.366 e. The highest BCUT2D eigenvalue weighted by molar-refractivity contribution is 5.80. The predicted molar refractivity (Wildman–Crippen MR) is 18.1 cm³/mol. The molecule has 0 saturated carbocycles. The zero-order valence-electron chi connectivity index (χ0n) is 2.69. The van der Waals surface area contributed by atoms with Crippen molar-refractivity contribution in [3.05, 3.63) is 12.7 Å². The van der Waals surface area contributed by atoms with Gasteiger partial charge in [0.2, 0.25) is 5.91 Å². The maximum absolute atomic E-state index is 9.42. The van der Waals surface area contributed by atoms with Gasteiger partial charge in [-0.25, -0.2) is 0 Å². The lowest BCUT2D eigenvalue weighted by Gasteiger charge is -1.64. The van der Waals surface area contributed by atoms with E-state index in [4.69, 9.17) is 0 Å². The van der Waals surface area contributed by atoms with Crippen molar-refractivity contribution in [1.29, 1.82) is 0 Å². The van der Waals surface area contributed by atoms with Gasteiger partial charge in [0, 0.05) is 6.08 Å². The Morgan fingerprint density at radius 1 is 2.00 bits per heavy atom. The van der Waals surface area contributed by atoms with Gasteiger partial charge < -0.3 is 5.73 Å². The first kappa shape index (κ1) is 4.21. The van der Waals surface area contributed by atoms with Crippen molar-refractivity contribution in [3.8, 4) is 0 Å². The van der Waals surface area contributed by atoms with Crippen molar-refractivity contribution >= 4 is 5.91 Å². The molecular weight excluding hydrogens is 66.0 g/mol. The highest BCUT2D eigenvalue weighted by Gasteiger charge is 1.71. The summed E-state index contributed by atoms with van der Waals surface area (Å²) in [4.78, 5) is 9.42. The Morgan fingerprint density at radius 3 is 2.20 bits per heavy atom. The van der Waals surface area contributed by atoms with Crippen molar-refractivity contribution in [3.63, 3.8) is 0 Å². The lowest BCUT2D eigenvalue weighted by molar-refractivity contribution is -0.114. The van der Waals surface area contributed by atoms with Gasteiger partial charge in [0.15, 0.2) is 0 Å². The fourth-order valence-corrected chi connectivity index (χ4v) is 0. The average molecular weight is 70.1 g/mol. The third-order valence-corrected chi connectivity index (χ3v) is 0.174. The summed E-state index contributed by atoms with van der Waals surface area (Å²) in [6, 6.07) is 0. The third-order valence-electron chi connectivity index (χ3n) is 0.174. The molecule has 0 aliphatic heterocycles. The molecule has 2 nitrogen and oxygen atoms in total. The quantitative estimate of drug-likeness (QED) is 0.414. The first-order valence-electron chi connectivity index (χ1n) is 1.10. The maximum atomic E-state index is 9.42. The highest BCUT2D eigenvalue weighted by atomic mass is 16.1. The summed E-state index contributed by atoms with van der Waals surface area (Å²) < 4.78 is 0. The van der Waals surface area contributed by atoms with Gasteiger partial charge in [-0.1, -0.05) is 6.58 Å². The molecule has 0 spiro atoms. The van der Waals surface area contributed by atoms with Gasteiger partial charge in [0.1, 0.15) is 0 Å². The van der Waals surface area contributed by atoms with E-state index in [-0.39, 0.29) is 0 Å². The highest BCUT2D eigenvalue weighted by Crippen LogP contribution is 1.45. The zero-order chi connectivity index (χ0) is 4.28. The zero-order valence-corrected chi connectivity index (χ0v) is 2.69. The first-order chi connectivity index (χ1) is 2.27. The molecule has 0 aliphatic rings. The van der Waals surface area contributed by atoms with Crippen LogP contribution in [-0.2, 0) is 4.79 Å². The number of carbonyl (C=O) groups excluding carboxylic acids is 1. The molecule has 5 heavy (non-hydrogen) atoms. The Morgan fingerprint density at radius 2 is 2.20 bits per heavy atom. The number of hydrogen-bond donors (Lipinski definition) is 1. The molecule has 2 N–H and O–H groups in total. The minimum atomic E-state index is -0.606. The second-order valence-electron chi connectivity index (χ2n) is 0.541. The molecule has 2 heteroatoms. The molecule has 27 valence electrons. The smallest absolute Gasteiger partial charge is 0.248 e. The molecule has 0 unspecified atom stereocenters. The van der Waals surface area contributed by atoms with Crippen LogP contribution >= 0.6 is 0 Å². The molecule has 0 saturated heterocycles.